The second-order valence-corrected chi connectivity index (χ2v) is 8.64. The fourth-order valence-corrected chi connectivity index (χ4v) is 5.03. The lowest BCUT2D eigenvalue weighted by Crippen LogP contribution is -2.49. The van der Waals surface area contributed by atoms with Gasteiger partial charge in [0.25, 0.3) is 0 Å². The van der Waals surface area contributed by atoms with Crippen LogP contribution in [0.5, 0.6) is 0 Å². The first-order valence-electron chi connectivity index (χ1n) is 8.84. The van der Waals surface area contributed by atoms with Gasteiger partial charge in [-0.3, -0.25) is 4.79 Å². The molecule has 1 heterocycles. The number of nitrogens with zero attached hydrogens (tertiary/aromatic N) is 1. The Bertz CT molecular complexity index is 895. The van der Waals surface area contributed by atoms with E-state index < -0.39 is 16.1 Å². The first-order valence-corrected chi connectivity index (χ1v) is 10.3. The number of piperidine rings is 1. The first-order chi connectivity index (χ1) is 12.4. The Hall–Kier alpha value is -2.18. The van der Waals surface area contributed by atoms with Gasteiger partial charge >= 0.3 is 0 Å². The molecule has 0 aliphatic carbocycles. The summed E-state index contributed by atoms with van der Waals surface area (Å²) in [5, 5.41) is 2.92. The number of carbonyl (C=O) groups is 1. The van der Waals surface area contributed by atoms with Crippen LogP contribution in [-0.2, 0) is 14.8 Å². The first kappa shape index (κ1) is 18.6. The van der Waals surface area contributed by atoms with Gasteiger partial charge < -0.3 is 5.32 Å². The molecule has 0 bridgehead atoms. The van der Waals surface area contributed by atoms with Crippen molar-refractivity contribution in [2.75, 3.05) is 11.9 Å². The molecule has 0 saturated carbocycles. The summed E-state index contributed by atoms with van der Waals surface area (Å²) in [7, 11) is -3.69. The van der Waals surface area contributed by atoms with E-state index in [1.165, 1.54) is 4.31 Å². The number of hydrogen-bond donors (Lipinski definition) is 1. The predicted molar refractivity (Wildman–Crippen MR) is 103 cm³/mol. The zero-order chi connectivity index (χ0) is 18.7. The van der Waals surface area contributed by atoms with Crippen molar-refractivity contribution in [1.82, 2.24) is 4.31 Å². The van der Waals surface area contributed by atoms with Crippen molar-refractivity contribution in [3.05, 3.63) is 59.7 Å². The largest absolute Gasteiger partial charge is 0.324 e. The molecular formula is C20H24N2O3S. The van der Waals surface area contributed by atoms with E-state index in [2.05, 4.69) is 5.32 Å². The van der Waals surface area contributed by atoms with Crippen LogP contribution in [0.2, 0.25) is 0 Å². The second kappa shape index (κ2) is 7.60. The molecule has 3 rings (SSSR count). The van der Waals surface area contributed by atoms with E-state index in [4.69, 9.17) is 0 Å². The Morgan fingerprint density at radius 1 is 1.08 bits per heavy atom. The maximum Gasteiger partial charge on any atom is 0.243 e. The van der Waals surface area contributed by atoms with Crippen molar-refractivity contribution in [3.63, 3.8) is 0 Å². The van der Waals surface area contributed by atoms with Gasteiger partial charge in [0, 0.05) is 12.2 Å². The van der Waals surface area contributed by atoms with Crippen molar-refractivity contribution < 1.29 is 13.2 Å². The summed E-state index contributed by atoms with van der Waals surface area (Å²) in [6.07, 6.45) is 2.13. The van der Waals surface area contributed by atoms with Gasteiger partial charge in [-0.05, 0) is 50.5 Å². The zero-order valence-electron chi connectivity index (χ0n) is 15.1. The van der Waals surface area contributed by atoms with Gasteiger partial charge in [0.15, 0.2) is 0 Å². The number of nitrogens with one attached hydrogen (secondary N) is 1. The molecule has 1 aliphatic rings. The lowest BCUT2D eigenvalue weighted by atomic mass is 10.0. The van der Waals surface area contributed by atoms with E-state index in [-0.39, 0.29) is 10.8 Å². The normalized spacial score (nSPS) is 18.5. The van der Waals surface area contributed by atoms with E-state index in [1.807, 2.05) is 32.0 Å². The van der Waals surface area contributed by atoms with Gasteiger partial charge in [-0.1, -0.05) is 42.3 Å². The Balaban J connectivity index is 1.86. The standard InChI is InChI=1S/C20H24N2O3S/c1-15-11-12-18(16(2)14-15)21-20(23)19-10-6-7-13-22(19)26(24,25)17-8-4-3-5-9-17/h3-5,8-9,11-12,14,19H,6-7,10,13H2,1-2H3,(H,21,23)/t19-/m1/s1. The van der Waals surface area contributed by atoms with Crippen LogP contribution in [0.25, 0.3) is 0 Å². The van der Waals surface area contributed by atoms with Gasteiger partial charge in [0.05, 0.1) is 4.90 Å². The topological polar surface area (TPSA) is 66.5 Å². The monoisotopic (exact) mass is 372 g/mol. The average molecular weight is 372 g/mol. The maximum atomic E-state index is 13.0. The van der Waals surface area contributed by atoms with Crippen LogP contribution in [0, 0.1) is 13.8 Å². The molecule has 1 aliphatic heterocycles. The molecule has 6 heteroatoms. The molecule has 5 nitrogen and oxygen atoms in total. The summed E-state index contributed by atoms with van der Waals surface area (Å²) >= 11 is 0. The van der Waals surface area contributed by atoms with Crippen LogP contribution in [0.3, 0.4) is 0 Å². The Labute approximate surface area is 155 Å². The van der Waals surface area contributed by atoms with Gasteiger partial charge in [0.1, 0.15) is 6.04 Å². The SMILES string of the molecule is Cc1ccc(NC(=O)[C@H]2CCCCN2S(=O)(=O)c2ccccc2)c(C)c1. The summed E-state index contributed by atoms with van der Waals surface area (Å²) < 4.78 is 27.4. The Morgan fingerprint density at radius 2 is 1.81 bits per heavy atom. The minimum atomic E-state index is -3.69. The van der Waals surface area contributed by atoms with Crippen molar-refractivity contribution in [2.45, 2.75) is 44.0 Å². The van der Waals surface area contributed by atoms with Crippen molar-refractivity contribution in [3.8, 4) is 0 Å². The van der Waals surface area contributed by atoms with E-state index >= 15 is 0 Å². The third kappa shape index (κ3) is 3.81. The minimum absolute atomic E-state index is 0.228. The van der Waals surface area contributed by atoms with Crippen molar-refractivity contribution >= 4 is 21.6 Å². The van der Waals surface area contributed by atoms with E-state index in [9.17, 15) is 13.2 Å². The number of sulfonamides is 1. The molecule has 0 radical (unpaired) electrons. The molecular weight excluding hydrogens is 348 g/mol. The molecule has 1 saturated heterocycles. The van der Waals surface area contributed by atoms with Crippen molar-refractivity contribution in [2.24, 2.45) is 0 Å². The van der Waals surface area contributed by atoms with Gasteiger partial charge in [-0.2, -0.15) is 4.31 Å². The number of amides is 1. The molecule has 0 unspecified atom stereocenters. The quantitative estimate of drug-likeness (QED) is 0.893. The molecule has 0 aromatic heterocycles. The molecule has 26 heavy (non-hydrogen) atoms. The highest BCUT2D eigenvalue weighted by Crippen LogP contribution is 2.27. The number of aryl methyl sites for hydroxylation is 2. The second-order valence-electron chi connectivity index (χ2n) is 6.75. The third-order valence-electron chi connectivity index (χ3n) is 4.75. The highest BCUT2D eigenvalue weighted by Gasteiger charge is 2.37. The zero-order valence-corrected chi connectivity index (χ0v) is 15.9. The summed E-state index contributed by atoms with van der Waals surface area (Å²) in [4.78, 5) is 13.1. The Morgan fingerprint density at radius 3 is 2.50 bits per heavy atom. The number of hydrogen-bond acceptors (Lipinski definition) is 3. The molecule has 1 amide bonds. The molecule has 1 N–H and O–H groups in total. The minimum Gasteiger partial charge on any atom is -0.324 e. The van der Waals surface area contributed by atoms with Crippen LogP contribution in [0.15, 0.2) is 53.4 Å². The van der Waals surface area contributed by atoms with Crippen LogP contribution in [0.1, 0.15) is 30.4 Å². The number of carbonyl (C=O) groups excluding carboxylic acids is 1. The van der Waals surface area contributed by atoms with E-state index in [1.54, 1.807) is 30.3 Å². The summed E-state index contributed by atoms with van der Waals surface area (Å²) in [6, 6.07) is 13.4. The fraction of sp³-hybridized carbons (Fsp3) is 0.350. The molecule has 1 fully saturated rings. The van der Waals surface area contributed by atoms with E-state index in [0.717, 1.165) is 29.7 Å². The average Bonchev–Trinajstić information content (AvgIpc) is 2.64. The molecule has 0 spiro atoms. The van der Waals surface area contributed by atoms with Gasteiger partial charge in [-0.25, -0.2) is 8.42 Å². The maximum absolute atomic E-state index is 13.0. The lowest BCUT2D eigenvalue weighted by Gasteiger charge is -2.33. The molecule has 2 aromatic carbocycles. The molecule has 138 valence electrons. The van der Waals surface area contributed by atoms with Gasteiger partial charge in [-0.15, -0.1) is 0 Å². The predicted octanol–water partition coefficient (Wildman–Crippen LogP) is 3.49. The number of anilines is 1. The lowest BCUT2D eigenvalue weighted by molar-refractivity contribution is -0.120. The highest BCUT2D eigenvalue weighted by atomic mass is 32.2. The van der Waals surface area contributed by atoms with Gasteiger partial charge in [0.2, 0.25) is 15.9 Å². The third-order valence-corrected chi connectivity index (χ3v) is 6.67. The Kier molecular flexibility index (Phi) is 5.44. The highest BCUT2D eigenvalue weighted by molar-refractivity contribution is 7.89. The molecule has 2 aromatic rings. The number of benzene rings is 2. The summed E-state index contributed by atoms with van der Waals surface area (Å²) in [5.41, 5.74) is 2.81. The molecule has 1 atom stereocenters. The smallest absolute Gasteiger partial charge is 0.243 e. The van der Waals surface area contributed by atoms with Crippen molar-refractivity contribution in [1.29, 1.82) is 0 Å². The fourth-order valence-electron chi connectivity index (χ4n) is 3.35. The van der Waals surface area contributed by atoms with Crippen LogP contribution in [0.4, 0.5) is 5.69 Å². The van der Waals surface area contributed by atoms with Crippen LogP contribution < -0.4 is 5.32 Å². The van der Waals surface area contributed by atoms with E-state index in [0.29, 0.717) is 13.0 Å². The number of rotatable bonds is 4. The summed E-state index contributed by atoms with van der Waals surface area (Å²) in [6.45, 7) is 4.29. The summed E-state index contributed by atoms with van der Waals surface area (Å²) in [5.74, 6) is -0.267. The van der Waals surface area contributed by atoms with Crippen LogP contribution >= 0.6 is 0 Å². The van der Waals surface area contributed by atoms with Crippen LogP contribution in [-0.4, -0.2) is 31.2 Å².